The van der Waals surface area contributed by atoms with Crippen molar-refractivity contribution in [1.82, 2.24) is 4.90 Å². The number of nitrogens with zero attached hydrogens (tertiary/aromatic N) is 1. The van der Waals surface area contributed by atoms with Crippen LogP contribution in [0.2, 0.25) is 0 Å². The second-order valence-electron chi connectivity index (χ2n) is 4.15. The van der Waals surface area contributed by atoms with Crippen molar-refractivity contribution in [2.24, 2.45) is 5.73 Å². The minimum atomic E-state index is 0.191. The highest BCUT2D eigenvalue weighted by atomic mass is 32.1. The van der Waals surface area contributed by atoms with E-state index in [-0.39, 0.29) is 11.2 Å². The van der Waals surface area contributed by atoms with Crippen LogP contribution in [0.1, 0.15) is 17.5 Å². The minimum absolute atomic E-state index is 0.191. The molecule has 0 aromatic heterocycles. The zero-order valence-corrected chi connectivity index (χ0v) is 9.99. The van der Waals surface area contributed by atoms with Gasteiger partial charge in [0.2, 0.25) is 5.91 Å². The van der Waals surface area contributed by atoms with Gasteiger partial charge >= 0.3 is 0 Å². The Balaban J connectivity index is 2.01. The van der Waals surface area contributed by atoms with Crippen LogP contribution in [0.3, 0.4) is 0 Å². The molecule has 1 aromatic carbocycles. The summed E-state index contributed by atoms with van der Waals surface area (Å²) in [4.78, 5) is 13.4. The van der Waals surface area contributed by atoms with Gasteiger partial charge in [-0.3, -0.25) is 4.79 Å². The van der Waals surface area contributed by atoms with E-state index in [1.165, 1.54) is 0 Å². The highest BCUT2D eigenvalue weighted by molar-refractivity contribution is 7.81. The van der Waals surface area contributed by atoms with Crippen LogP contribution < -0.4 is 5.73 Å². The zero-order chi connectivity index (χ0) is 11.5. The third kappa shape index (κ3) is 2.57. The molecule has 1 unspecified atom stereocenters. The average Bonchev–Trinajstić information content (AvgIpc) is 2.59. The average molecular weight is 236 g/mol. The number of likely N-dealkylation sites (tertiary alicyclic amines) is 1. The summed E-state index contributed by atoms with van der Waals surface area (Å²) >= 11 is 4.33. The largest absolute Gasteiger partial charge is 0.337 e. The van der Waals surface area contributed by atoms with Crippen LogP contribution in [0.5, 0.6) is 0 Å². The van der Waals surface area contributed by atoms with Crippen LogP contribution in [0.15, 0.2) is 24.3 Å². The van der Waals surface area contributed by atoms with E-state index in [0.717, 1.165) is 17.7 Å². The van der Waals surface area contributed by atoms with Crippen LogP contribution >= 0.6 is 12.6 Å². The topological polar surface area (TPSA) is 46.3 Å². The number of carbonyl (C=O) groups is 1. The van der Waals surface area contributed by atoms with Crippen molar-refractivity contribution in [2.45, 2.75) is 24.8 Å². The highest BCUT2D eigenvalue weighted by Crippen LogP contribution is 2.18. The van der Waals surface area contributed by atoms with E-state index in [1.807, 2.05) is 29.2 Å². The molecular formula is C12H16N2OS. The number of carbonyl (C=O) groups excluding carboxylic acids is 1. The number of hydrogen-bond acceptors (Lipinski definition) is 3. The van der Waals surface area contributed by atoms with Gasteiger partial charge in [0.1, 0.15) is 0 Å². The molecule has 1 aromatic rings. The lowest BCUT2D eigenvalue weighted by Gasteiger charge is -2.16. The standard InChI is InChI=1S/C12H16N2OS/c13-6-9-1-3-10(4-2-9)7-14-8-11(16)5-12(14)15/h1-4,11,16H,5-8,13H2. The maximum absolute atomic E-state index is 11.6. The third-order valence-electron chi connectivity index (χ3n) is 2.83. The number of hydrogen-bond donors (Lipinski definition) is 2. The fourth-order valence-electron chi connectivity index (χ4n) is 1.91. The lowest BCUT2D eigenvalue weighted by Crippen LogP contribution is -2.24. The minimum Gasteiger partial charge on any atom is -0.337 e. The van der Waals surface area contributed by atoms with Crippen molar-refractivity contribution in [2.75, 3.05) is 6.54 Å². The van der Waals surface area contributed by atoms with E-state index < -0.39 is 0 Å². The molecule has 0 spiro atoms. The van der Waals surface area contributed by atoms with Gasteiger partial charge in [-0.15, -0.1) is 0 Å². The van der Waals surface area contributed by atoms with Gasteiger partial charge in [0.05, 0.1) is 0 Å². The third-order valence-corrected chi connectivity index (χ3v) is 3.17. The summed E-state index contributed by atoms with van der Waals surface area (Å²) in [6.45, 7) is 1.99. The zero-order valence-electron chi connectivity index (χ0n) is 9.10. The maximum atomic E-state index is 11.6. The fourth-order valence-corrected chi connectivity index (χ4v) is 2.26. The van der Waals surface area contributed by atoms with Crippen LogP contribution in [0.25, 0.3) is 0 Å². The summed E-state index contributed by atoms with van der Waals surface area (Å²) in [6.07, 6.45) is 0.560. The van der Waals surface area contributed by atoms with Gasteiger partial charge < -0.3 is 10.6 Å². The van der Waals surface area contributed by atoms with Gasteiger partial charge in [-0.25, -0.2) is 0 Å². The van der Waals surface area contributed by atoms with Gasteiger partial charge in [0.25, 0.3) is 0 Å². The summed E-state index contributed by atoms with van der Waals surface area (Å²) < 4.78 is 0. The number of thiol groups is 1. The molecule has 16 heavy (non-hydrogen) atoms. The molecule has 1 aliphatic rings. The Labute approximate surface area is 101 Å². The first-order valence-corrected chi connectivity index (χ1v) is 5.94. The Hall–Kier alpha value is -1.00. The van der Waals surface area contributed by atoms with Gasteiger partial charge in [0.15, 0.2) is 0 Å². The summed E-state index contributed by atoms with van der Waals surface area (Å²) in [6, 6.07) is 8.07. The first-order chi connectivity index (χ1) is 7.69. The van der Waals surface area contributed by atoms with Crippen LogP contribution in [-0.4, -0.2) is 22.6 Å². The number of nitrogens with two attached hydrogens (primary N) is 1. The molecule has 2 N–H and O–H groups in total. The molecule has 2 rings (SSSR count). The number of amides is 1. The normalized spacial score (nSPS) is 20.5. The highest BCUT2D eigenvalue weighted by Gasteiger charge is 2.26. The summed E-state index contributed by atoms with van der Waals surface area (Å²) in [5, 5.41) is 0.191. The van der Waals surface area contributed by atoms with Crippen molar-refractivity contribution in [3.63, 3.8) is 0 Å². The van der Waals surface area contributed by atoms with E-state index >= 15 is 0 Å². The molecule has 1 atom stereocenters. The van der Waals surface area contributed by atoms with Crippen molar-refractivity contribution in [1.29, 1.82) is 0 Å². The summed E-state index contributed by atoms with van der Waals surface area (Å²) in [5.74, 6) is 0.197. The molecule has 4 heteroatoms. The molecule has 1 aliphatic heterocycles. The molecular weight excluding hydrogens is 220 g/mol. The molecule has 0 saturated carbocycles. The predicted molar refractivity (Wildman–Crippen MR) is 67.1 cm³/mol. The van der Waals surface area contributed by atoms with E-state index in [1.54, 1.807) is 0 Å². The molecule has 1 heterocycles. The molecule has 86 valence electrons. The summed E-state index contributed by atoms with van der Waals surface area (Å²) in [7, 11) is 0. The Bertz CT molecular complexity index is 377. The van der Waals surface area contributed by atoms with Crippen molar-refractivity contribution in [3.05, 3.63) is 35.4 Å². The first-order valence-electron chi connectivity index (χ1n) is 5.43. The lowest BCUT2D eigenvalue weighted by atomic mass is 10.1. The fraction of sp³-hybridized carbons (Fsp3) is 0.417. The van der Waals surface area contributed by atoms with E-state index in [9.17, 15) is 4.79 Å². The molecule has 0 bridgehead atoms. The molecule has 1 fully saturated rings. The van der Waals surface area contributed by atoms with Crippen molar-refractivity contribution < 1.29 is 4.79 Å². The smallest absolute Gasteiger partial charge is 0.224 e. The van der Waals surface area contributed by atoms with Gasteiger partial charge in [0, 0.05) is 31.3 Å². The maximum Gasteiger partial charge on any atom is 0.224 e. The number of rotatable bonds is 3. The second kappa shape index (κ2) is 4.89. The van der Waals surface area contributed by atoms with E-state index in [4.69, 9.17) is 5.73 Å². The second-order valence-corrected chi connectivity index (χ2v) is 4.88. The molecule has 1 amide bonds. The SMILES string of the molecule is NCc1ccc(CN2CC(S)CC2=O)cc1. The molecule has 3 nitrogen and oxygen atoms in total. The molecule has 0 radical (unpaired) electrons. The van der Waals surface area contributed by atoms with Gasteiger partial charge in [-0.1, -0.05) is 24.3 Å². The summed E-state index contributed by atoms with van der Waals surface area (Å²) in [5.41, 5.74) is 7.79. The first kappa shape index (κ1) is 11.5. The number of benzene rings is 1. The van der Waals surface area contributed by atoms with E-state index in [0.29, 0.717) is 19.5 Å². The predicted octanol–water partition coefficient (Wildman–Crippen LogP) is 1.18. The van der Waals surface area contributed by atoms with E-state index in [2.05, 4.69) is 12.6 Å². The van der Waals surface area contributed by atoms with Crippen LogP contribution in [-0.2, 0) is 17.9 Å². The Morgan fingerprint density at radius 3 is 2.44 bits per heavy atom. The van der Waals surface area contributed by atoms with Crippen LogP contribution in [0.4, 0.5) is 0 Å². The monoisotopic (exact) mass is 236 g/mol. The Morgan fingerprint density at radius 2 is 1.94 bits per heavy atom. The Morgan fingerprint density at radius 1 is 1.31 bits per heavy atom. The molecule has 1 saturated heterocycles. The van der Waals surface area contributed by atoms with Gasteiger partial charge in [-0.2, -0.15) is 12.6 Å². The molecule has 0 aliphatic carbocycles. The van der Waals surface area contributed by atoms with Crippen LogP contribution in [0, 0.1) is 0 Å². The van der Waals surface area contributed by atoms with Crippen molar-refractivity contribution in [3.8, 4) is 0 Å². The van der Waals surface area contributed by atoms with Gasteiger partial charge in [-0.05, 0) is 11.1 Å². The lowest BCUT2D eigenvalue weighted by molar-refractivity contribution is -0.128. The van der Waals surface area contributed by atoms with Crippen molar-refractivity contribution >= 4 is 18.5 Å². The Kier molecular flexibility index (Phi) is 3.51. The quantitative estimate of drug-likeness (QED) is 0.774.